The number of fused-ring (bicyclic) bond motifs is 3. The molecular formula is C15H16ClN. The largest absolute Gasteiger partial charge is 0.358 e. The van der Waals surface area contributed by atoms with Gasteiger partial charge in [0.25, 0.3) is 0 Å². The molecule has 88 valence electrons. The molecule has 1 nitrogen and oxygen atoms in total. The van der Waals surface area contributed by atoms with E-state index < -0.39 is 0 Å². The van der Waals surface area contributed by atoms with E-state index in [4.69, 9.17) is 11.6 Å². The number of benzene rings is 1. The van der Waals surface area contributed by atoms with Crippen LogP contribution in [0.15, 0.2) is 24.3 Å². The second kappa shape index (κ2) is 4.58. The first-order valence-corrected chi connectivity index (χ1v) is 6.78. The van der Waals surface area contributed by atoms with Crippen molar-refractivity contribution in [3.63, 3.8) is 0 Å². The molecule has 0 bridgehead atoms. The lowest BCUT2D eigenvalue weighted by Gasteiger charge is -2.10. The Hall–Kier alpha value is -1.21. The summed E-state index contributed by atoms with van der Waals surface area (Å²) in [7, 11) is 0. The van der Waals surface area contributed by atoms with Crippen LogP contribution in [-0.2, 0) is 12.8 Å². The predicted molar refractivity (Wildman–Crippen MR) is 74.7 cm³/mol. The summed E-state index contributed by atoms with van der Waals surface area (Å²) >= 11 is 5.67. The van der Waals surface area contributed by atoms with Gasteiger partial charge in [-0.1, -0.05) is 18.2 Å². The Kier molecular flexibility index (Phi) is 2.94. The summed E-state index contributed by atoms with van der Waals surface area (Å²) in [5.74, 6) is 0.573. The second-order valence-electron chi connectivity index (χ2n) is 4.65. The molecule has 0 spiro atoms. The smallest absolute Gasteiger partial charge is 0.0459 e. The van der Waals surface area contributed by atoms with Crippen molar-refractivity contribution in [3.05, 3.63) is 41.1 Å². The fourth-order valence-electron chi connectivity index (χ4n) is 2.71. The third kappa shape index (κ3) is 2.00. The van der Waals surface area contributed by atoms with Crippen molar-refractivity contribution in [2.24, 2.45) is 0 Å². The van der Waals surface area contributed by atoms with Crippen LogP contribution in [0.2, 0.25) is 0 Å². The monoisotopic (exact) mass is 245 g/mol. The molecule has 0 aliphatic heterocycles. The van der Waals surface area contributed by atoms with Gasteiger partial charge in [-0.15, -0.1) is 11.6 Å². The highest BCUT2D eigenvalue weighted by Crippen LogP contribution is 2.29. The van der Waals surface area contributed by atoms with Crippen LogP contribution >= 0.6 is 11.6 Å². The van der Waals surface area contributed by atoms with Crippen LogP contribution in [0, 0.1) is 0 Å². The number of nitrogens with one attached hydrogen (secondary N) is 1. The fraction of sp³-hybridized carbons (Fsp3) is 0.333. The van der Waals surface area contributed by atoms with Gasteiger partial charge >= 0.3 is 0 Å². The van der Waals surface area contributed by atoms with Crippen LogP contribution in [-0.4, -0.2) is 10.9 Å². The van der Waals surface area contributed by atoms with Crippen molar-refractivity contribution >= 4 is 28.6 Å². The maximum Gasteiger partial charge on any atom is 0.0459 e. The Morgan fingerprint density at radius 1 is 1.24 bits per heavy atom. The number of rotatable bonds is 2. The first-order chi connectivity index (χ1) is 8.38. The number of aryl methyl sites for hydroxylation is 2. The van der Waals surface area contributed by atoms with Gasteiger partial charge < -0.3 is 4.98 Å². The van der Waals surface area contributed by atoms with E-state index in [0.717, 1.165) is 0 Å². The van der Waals surface area contributed by atoms with Gasteiger partial charge in [0, 0.05) is 22.5 Å². The topological polar surface area (TPSA) is 15.8 Å². The van der Waals surface area contributed by atoms with Crippen molar-refractivity contribution in [2.75, 3.05) is 5.88 Å². The average Bonchev–Trinajstić information content (AvgIpc) is 2.74. The van der Waals surface area contributed by atoms with E-state index in [1.165, 1.54) is 53.4 Å². The molecule has 17 heavy (non-hydrogen) atoms. The van der Waals surface area contributed by atoms with E-state index in [9.17, 15) is 0 Å². The van der Waals surface area contributed by atoms with Crippen LogP contribution in [0.4, 0.5) is 0 Å². The third-order valence-electron chi connectivity index (χ3n) is 3.52. The zero-order valence-electron chi connectivity index (χ0n) is 9.80. The number of alkyl halides is 1. The molecule has 0 radical (unpaired) electrons. The molecule has 1 aliphatic rings. The van der Waals surface area contributed by atoms with Crippen molar-refractivity contribution in [1.29, 1.82) is 0 Å². The molecule has 0 amide bonds. The van der Waals surface area contributed by atoms with Crippen molar-refractivity contribution in [2.45, 2.75) is 25.7 Å². The summed E-state index contributed by atoms with van der Waals surface area (Å²) in [5.41, 5.74) is 5.50. The van der Waals surface area contributed by atoms with Gasteiger partial charge in [-0.25, -0.2) is 0 Å². The van der Waals surface area contributed by atoms with E-state index >= 15 is 0 Å². The molecule has 1 heterocycles. The molecule has 0 saturated heterocycles. The van der Waals surface area contributed by atoms with Gasteiger partial charge in [-0.2, -0.15) is 0 Å². The molecule has 1 aromatic carbocycles. The zero-order valence-corrected chi connectivity index (χ0v) is 10.6. The molecule has 0 unspecified atom stereocenters. The number of hydrogen-bond donors (Lipinski definition) is 1. The normalized spacial score (nSPS) is 15.6. The maximum atomic E-state index is 5.67. The van der Waals surface area contributed by atoms with Gasteiger partial charge in [-0.3, -0.25) is 0 Å². The Morgan fingerprint density at radius 2 is 2.12 bits per heavy atom. The van der Waals surface area contributed by atoms with Gasteiger partial charge in [0.2, 0.25) is 0 Å². The number of hydrogen-bond acceptors (Lipinski definition) is 0. The van der Waals surface area contributed by atoms with E-state index in [2.05, 4.69) is 29.3 Å². The summed E-state index contributed by atoms with van der Waals surface area (Å²) in [6.07, 6.45) is 9.14. The summed E-state index contributed by atoms with van der Waals surface area (Å²) in [4.78, 5) is 3.55. The predicted octanol–water partition coefficient (Wildman–Crippen LogP) is 4.30. The molecule has 3 rings (SSSR count). The molecule has 1 aliphatic carbocycles. The van der Waals surface area contributed by atoms with Crippen molar-refractivity contribution in [1.82, 2.24) is 4.98 Å². The Bertz CT molecular complexity index is 566. The van der Waals surface area contributed by atoms with Crippen LogP contribution in [0.3, 0.4) is 0 Å². The Labute approximate surface area is 106 Å². The number of aromatic nitrogens is 1. The summed E-state index contributed by atoms with van der Waals surface area (Å²) in [5, 5.41) is 1.40. The van der Waals surface area contributed by atoms with Crippen LogP contribution in [0.5, 0.6) is 0 Å². The second-order valence-corrected chi connectivity index (χ2v) is 4.96. The zero-order chi connectivity index (χ0) is 11.7. The lowest BCUT2D eigenvalue weighted by molar-refractivity contribution is 0.680. The highest BCUT2D eigenvalue weighted by atomic mass is 35.5. The number of aromatic amines is 1. The van der Waals surface area contributed by atoms with Gasteiger partial charge in [0.15, 0.2) is 0 Å². The minimum Gasteiger partial charge on any atom is -0.358 e. The van der Waals surface area contributed by atoms with E-state index in [-0.39, 0.29) is 0 Å². The molecule has 0 fully saturated rings. The highest BCUT2D eigenvalue weighted by molar-refractivity contribution is 6.19. The van der Waals surface area contributed by atoms with Crippen molar-refractivity contribution in [3.8, 4) is 0 Å². The van der Waals surface area contributed by atoms with E-state index in [1.54, 1.807) is 0 Å². The van der Waals surface area contributed by atoms with Gasteiger partial charge in [-0.05, 0) is 48.9 Å². The number of allylic oxidation sites excluding steroid dienone is 1. The molecule has 0 atom stereocenters. The lowest BCUT2D eigenvalue weighted by Crippen LogP contribution is -1.99. The summed E-state index contributed by atoms with van der Waals surface area (Å²) < 4.78 is 0. The molecule has 1 aromatic heterocycles. The molecule has 0 saturated carbocycles. The highest BCUT2D eigenvalue weighted by Gasteiger charge is 2.14. The molecule has 2 aromatic rings. The summed E-state index contributed by atoms with van der Waals surface area (Å²) in [6.45, 7) is 0. The maximum absolute atomic E-state index is 5.67. The van der Waals surface area contributed by atoms with Crippen LogP contribution in [0.25, 0.3) is 17.0 Å². The summed E-state index contributed by atoms with van der Waals surface area (Å²) in [6, 6.07) is 6.61. The molecule has 1 N–H and O–H groups in total. The Balaban J connectivity index is 2.11. The quantitative estimate of drug-likeness (QED) is 0.760. The lowest BCUT2D eigenvalue weighted by atomic mass is 9.95. The Morgan fingerprint density at radius 3 is 3.00 bits per heavy atom. The van der Waals surface area contributed by atoms with E-state index in [0.29, 0.717) is 5.88 Å². The number of halogens is 1. The first kappa shape index (κ1) is 10.9. The average molecular weight is 246 g/mol. The van der Waals surface area contributed by atoms with Gasteiger partial charge in [0.1, 0.15) is 0 Å². The first-order valence-electron chi connectivity index (χ1n) is 6.24. The van der Waals surface area contributed by atoms with E-state index in [1.807, 2.05) is 6.08 Å². The molecule has 2 heteroatoms. The van der Waals surface area contributed by atoms with Crippen LogP contribution in [0.1, 0.15) is 29.7 Å². The van der Waals surface area contributed by atoms with Gasteiger partial charge in [0.05, 0.1) is 0 Å². The minimum absolute atomic E-state index is 0.573. The van der Waals surface area contributed by atoms with Crippen molar-refractivity contribution < 1.29 is 0 Å². The standard InChI is InChI=1S/C15H16ClN/c16-9-3-4-11-7-8-15-13(10-11)12-5-1-2-6-14(12)17-15/h3-4,7-8,10,17H,1-2,5-6,9H2. The SMILES string of the molecule is ClCC=Cc1ccc2[nH]c3c(c2c1)CCCC3. The number of H-pyrrole nitrogens is 1. The van der Waals surface area contributed by atoms with Crippen LogP contribution < -0.4 is 0 Å². The third-order valence-corrected chi connectivity index (χ3v) is 3.70. The molecular weight excluding hydrogens is 230 g/mol. The minimum atomic E-state index is 0.573. The fourth-order valence-corrected chi connectivity index (χ4v) is 2.80.